The average Bonchev–Trinajstić information content (AvgIpc) is 2.47. The Morgan fingerprint density at radius 2 is 1.84 bits per heavy atom. The van der Waals surface area contributed by atoms with E-state index in [-0.39, 0.29) is 0 Å². The molecule has 2 rings (SSSR count). The van der Waals surface area contributed by atoms with Crippen molar-refractivity contribution >= 4 is 11.5 Å². The zero-order valence-corrected chi connectivity index (χ0v) is 10.1. The Morgan fingerprint density at radius 1 is 1.11 bits per heavy atom. The van der Waals surface area contributed by atoms with Crippen molar-refractivity contribution in [2.75, 3.05) is 11.1 Å². The van der Waals surface area contributed by atoms with E-state index in [1.54, 1.807) is 18.2 Å². The predicted molar refractivity (Wildman–Crippen MR) is 71.8 cm³/mol. The molecule has 2 aromatic rings. The first-order valence-corrected chi connectivity index (χ1v) is 5.62. The molecule has 0 aliphatic carbocycles. The maximum atomic E-state index is 8.87. The molecule has 3 N–H and O–H groups in total. The van der Waals surface area contributed by atoms with Gasteiger partial charge in [0.2, 0.25) is 0 Å². The maximum Gasteiger partial charge on any atom is 0.150 e. The molecule has 0 radical (unpaired) electrons. The first kappa shape index (κ1) is 12.4. The summed E-state index contributed by atoms with van der Waals surface area (Å²) in [6.07, 6.45) is 1.54. The predicted octanol–water partition coefficient (Wildman–Crippen LogP) is 2.02. The number of hydrogen-bond donors (Lipinski definition) is 2. The summed E-state index contributed by atoms with van der Waals surface area (Å²) in [7, 11) is 0. The summed E-state index contributed by atoms with van der Waals surface area (Å²) >= 11 is 0. The summed E-state index contributed by atoms with van der Waals surface area (Å²) in [5.41, 5.74) is 8.18. The van der Waals surface area contributed by atoms with E-state index in [9.17, 15) is 0 Å². The zero-order chi connectivity index (χ0) is 13.7. The summed E-state index contributed by atoms with van der Waals surface area (Å²) < 4.78 is 0. The van der Waals surface area contributed by atoms with Crippen LogP contribution in [0.15, 0.2) is 36.5 Å². The van der Waals surface area contributed by atoms with Crippen LogP contribution in [0, 0.1) is 22.7 Å². The summed E-state index contributed by atoms with van der Waals surface area (Å²) in [4.78, 5) is 4.10. The molecular formula is C14H11N5. The summed E-state index contributed by atoms with van der Waals surface area (Å²) in [6.45, 7) is 0.526. The number of rotatable bonds is 3. The Hall–Kier alpha value is -3.05. The number of pyridine rings is 1. The molecule has 0 amide bonds. The van der Waals surface area contributed by atoms with Crippen LogP contribution in [0.4, 0.5) is 11.5 Å². The molecular weight excluding hydrogens is 238 g/mol. The lowest BCUT2D eigenvalue weighted by molar-refractivity contribution is 1.11. The van der Waals surface area contributed by atoms with E-state index < -0.39 is 0 Å². The van der Waals surface area contributed by atoms with Crippen LogP contribution in [0.1, 0.15) is 16.7 Å². The highest BCUT2D eigenvalue weighted by molar-refractivity contribution is 5.68. The molecule has 0 fully saturated rings. The molecule has 92 valence electrons. The van der Waals surface area contributed by atoms with Gasteiger partial charge in [0.15, 0.2) is 5.82 Å². The van der Waals surface area contributed by atoms with Gasteiger partial charge in [-0.05, 0) is 23.8 Å². The lowest BCUT2D eigenvalue weighted by atomic mass is 10.1. The quantitative estimate of drug-likeness (QED) is 0.867. The van der Waals surface area contributed by atoms with Gasteiger partial charge in [-0.25, -0.2) is 4.98 Å². The minimum absolute atomic E-state index is 0.346. The number of hydrogen-bond acceptors (Lipinski definition) is 5. The molecule has 1 aromatic carbocycles. The fourth-order valence-corrected chi connectivity index (χ4v) is 1.59. The van der Waals surface area contributed by atoms with E-state index in [0.717, 1.165) is 5.56 Å². The van der Waals surface area contributed by atoms with Crippen molar-refractivity contribution < 1.29 is 0 Å². The van der Waals surface area contributed by atoms with Crippen LogP contribution in [-0.2, 0) is 6.54 Å². The molecule has 19 heavy (non-hydrogen) atoms. The molecule has 0 aliphatic heterocycles. The van der Waals surface area contributed by atoms with Crippen molar-refractivity contribution in [3.63, 3.8) is 0 Å². The highest BCUT2D eigenvalue weighted by Gasteiger charge is 2.05. The van der Waals surface area contributed by atoms with Gasteiger partial charge in [0.25, 0.3) is 0 Å². The molecule has 0 saturated heterocycles. The van der Waals surface area contributed by atoms with Crippen LogP contribution in [0.2, 0.25) is 0 Å². The monoisotopic (exact) mass is 249 g/mol. The Balaban J connectivity index is 2.11. The number of benzene rings is 1. The number of nitrogens with zero attached hydrogens (tertiary/aromatic N) is 3. The fraction of sp³-hybridized carbons (Fsp3) is 0.0714. The van der Waals surface area contributed by atoms with E-state index in [2.05, 4.69) is 16.4 Å². The minimum atomic E-state index is 0.346. The van der Waals surface area contributed by atoms with Crippen LogP contribution in [0.25, 0.3) is 0 Å². The molecule has 0 unspecified atom stereocenters. The second-order valence-electron chi connectivity index (χ2n) is 3.89. The maximum absolute atomic E-state index is 8.87. The van der Waals surface area contributed by atoms with E-state index in [1.165, 1.54) is 6.20 Å². The van der Waals surface area contributed by atoms with E-state index >= 15 is 0 Å². The summed E-state index contributed by atoms with van der Waals surface area (Å²) in [5.74, 6) is 0.489. The van der Waals surface area contributed by atoms with Crippen LogP contribution >= 0.6 is 0 Å². The Morgan fingerprint density at radius 3 is 2.47 bits per heavy atom. The Bertz CT molecular complexity index is 662. The topological polar surface area (TPSA) is 98.5 Å². The van der Waals surface area contributed by atoms with Gasteiger partial charge < -0.3 is 11.1 Å². The molecule has 0 spiro atoms. The summed E-state index contributed by atoms with van der Waals surface area (Å²) in [6, 6.07) is 12.9. The smallest absolute Gasteiger partial charge is 0.150 e. The SMILES string of the molecule is N#Cc1ccc(CNc2nccc(C#N)c2N)cc1. The van der Waals surface area contributed by atoms with Gasteiger partial charge in [0, 0.05) is 12.7 Å². The number of nitriles is 2. The van der Waals surface area contributed by atoms with Gasteiger partial charge in [-0.1, -0.05) is 12.1 Å². The lowest BCUT2D eigenvalue weighted by Crippen LogP contribution is -2.05. The molecule has 0 aliphatic rings. The van der Waals surface area contributed by atoms with Crippen LogP contribution < -0.4 is 11.1 Å². The molecule has 0 atom stereocenters. The van der Waals surface area contributed by atoms with Gasteiger partial charge in [-0.2, -0.15) is 10.5 Å². The normalized spacial score (nSPS) is 9.37. The third kappa shape index (κ3) is 2.80. The van der Waals surface area contributed by atoms with Crippen molar-refractivity contribution in [1.82, 2.24) is 4.98 Å². The first-order chi connectivity index (χ1) is 9.24. The molecule has 1 heterocycles. The summed E-state index contributed by atoms with van der Waals surface area (Å²) in [5, 5.41) is 20.6. The van der Waals surface area contributed by atoms with Crippen molar-refractivity contribution in [1.29, 1.82) is 10.5 Å². The lowest BCUT2D eigenvalue weighted by Gasteiger charge is -2.09. The van der Waals surface area contributed by atoms with Crippen molar-refractivity contribution in [2.45, 2.75) is 6.54 Å². The van der Waals surface area contributed by atoms with Crippen molar-refractivity contribution in [2.24, 2.45) is 0 Å². The number of anilines is 2. The van der Waals surface area contributed by atoms with Gasteiger partial charge >= 0.3 is 0 Å². The largest absolute Gasteiger partial charge is 0.395 e. The van der Waals surface area contributed by atoms with Crippen LogP contribution in [-0.4, -0.2) is 4.98 Å². The van der Waals surface area contributed by atoms with Gasteiger partial charge in [-0.15, -0.1) is 0 Å². The standard InChI is InChI=1S/C14H11N5/c15-7-10-1-3-11(4-2-10)9-19-14-13(17)12(8-16)5-6-18-14/h1-6H,9,17H2,(H,18,19). The number of nitrogens with one attached hydrogen (secondary N) is 1. The fourth-order valence-electron chi connectivity index (χ4n) is 1.59. The number of nitrogen functional groups attached to an aromatic ring is 1. The van der Waals surface area contributed by atoms with Gasteiger partial charge in [0.05, 0.1) is 22.9 Å². The van der Waals surface area contributed by atoms with Crippen molar-refractivity contribution in [3.05, 3.63) is 53.2 Å². The minimum Gasteiger partial charge on any atom is -0.395 e. The van der Waals surface area contributed by atoms with E-state index in [0.29, 0.717) is 29.2 Å². The second kappa shape index (κ2) is 5.52. The third-order valence-electron chi connectivity index (χ3n) is 2.65. The molecule has 1 aromatic heterocycles. The third-order valence-corrected chi connectivity index (χ3v) is 2.65. The first-order valence-electron chi connectivity index (χ1n) is 5.62. The van der Waals surface area contributed by atoms with Gasteiger partial charge in [-0.3, -0.25) is 0 Å². The Kier molecular flexibility index (Phi) is 3.61. The van der Waals surface area contributed by atoms with Crippen molar-refractivity contribution in [3.8, 4) is 12.1 Å². The molecule has 5 heteroatoms. The molecule has 5 nitrogen and oxygen atoms in total. The molecule has 0 saturated carbocycles. The van der Waals surface area contributed by atoms with Crippen LogP contribution in [0.5, 0.6) is 0 Å². The number of aromatic nitrogens is 1. The highest BCUT2D eigenvalue weighted by Crippen LogP contribution is 2.19. The van der Waals surface area contributed by atoms with E-state index in [1.807, 2.05) is 18.2 Å². The van der Waals surface area contributed by atoms with Crippen LogP contribution in [0.3, 0.4) is 0 Å². The molecule has 0 bridgehead atoms. The highest BCUT2D eigenvalue weighted by atomic mass is 15.0. The van der Waals surface area contributed by atoms with E-state index in [4.69, 9.17) is 16.3 Å². The average molecular weight is 249 g/mol. The Labute approximate surface area is 110 Å². The van der Waals surface area contributed by atoms with Gasteiger partial charge in [0.1, 0.15) is 6.07 Å². The second-order valence-corrected chi connectivity index (χ2v) is 3.89. The number of nitrogens with two attached hydrogens (primary N) is 1. The zero-order valence-electron chi connectivity index (χ0n) is 10.1.